The lowest BCUT2D eigenvalue weighted by Gasteiger charge is -1.86. The van der Waals surface area contributed by atoms with Gasteiger partial charge in [-0.2, -0.15) is 0 Å². The summed E-state index contributed by atoms with van der Waals surface area (Å²) in [5, 5.41) is 3.37. The largest absolute Gasteiger partial charge is 0.399 e. The van der Waals surface area contributed by atoms with Crippen LogP contribution in [0.1, 0.15) is 6.92 Å². The highest BCUT2D eigenvalue weighted by molar-refractivity contribution is 6.27. The predicted molar refractivity (Wildman–Crippen MR) is 30.8 cm³/mol. The van der Waals surface area contributed by atoms with E-state index in [1.165, 1.54) is 13.3 Å². The summed E-state index contributed by atoms with van der Waals surface area (Å²) in [6.45, 7) is 1.81. The first-order chi connectivity index (χ1) is 3.27. The minimum atomic E-state index is -0.0417. The third kappa shape index (κ3) is 5.76. The fraction of sp³-hybridized carbons (Fsp3) is 0.750. The first kappa shape index (κ1) is 6.76. The summed E-state index contributed by atoms with van der Waals surface area (Å²) < 4.78 is 0. The molecule has 0 aliphatic carbocycles. The van der Waals surface area contributed by atoms with Crippen LogP contribution in [-0.2, 0) is 4.84 Å². The van der Waals surface area contributed by atoms with E-state index in [0.29, 0.717) is 0 Å². The summed E-state index contributed by atoms with van der Waals surface area (Å²) >= 11 is 5.43. The van der Waals surface area contributed by atoms with Gasteiger partial charge in [0.25, 0.3) is 0 Å². The van der Waals surface area contributed by atoms with Crippen molar-refractivity contribution in [3.63, 3.8) is 0 Å². The Bertz CT molecular complexity index is 62.7. The van der Waals surface area contributed by atoms with Crippen molar-refractivity contribution in [2.45, 2.75) is 12.3 Å². The molecule has 3 heteroatoms. The Morgan fingerprint density at radius 1 is 1.86 bits per heavy atom. The van der Waals surface area contributed by atoms with Crippen molar-refractivity contribution < 1.29 is 4.84 Å². The van der Waals surface area contributed by atoms with Crippen molar-refractivity contribution in [3.8, 4) is 0 Å². The average molecular weight is 122 g/mol. The molecule has 0 bridgehead atoms. The van der Waals surface area contributed by atoms with Gasteiger partial charge in [-0.25, -0.2) is 0 Å². The van der Waals surface area contributed by atoms with Crippen molar-refractivity contribution in [2.24, 2.45) is 5.16 Å². The van der Waals surface area contributed by atoms with Gasteiger partial charge in [0.15, 0.2) is 0 Å². The number of hydrogen-bond acceptors (Lipinski definition) is 2. The van der Waals surface area contributed by atoms with Gasteiger partial charge in [0.1, 0.15) is 7.11 Å². The predicted octanol–water partition coefficient (Wildman–Crippen LogP) is 1.25. The molecule has 0 N–H and O–H groups in total. The Hall–Kier alpha value is -0.240. The van der Waals surface area contributed by atoms with Crippen LogP contribution in [-0.4, -0.2) is 18.7 Å². The number of oxime groups is 1. The molecular weight excluding hydrogens is 114 g/mol. The zero-order valence-corrected chi connectivity index (χ0v) is 5.14. The molecule has 0 saturated carbocycles. The van der Waals surface area contributed by atoms with E-state index in [2.05, 4.69) is 9.99 Å². The van der Waals surface area contributed by atoms with E-state index in [1.54, 1.807) is 0 Å². The third-order valence-corrected chi connectivity index (χ3v) is 0.484. The van der Waals surface area contributed by atoms with E-state index in [-0.39, 0.29) is 5.38 Å². The molecule has 0 aliphatic heterocycles. The number of halogens is 1. The molecule has 1 atom stereocenters. The lowest BCUT2D eigenvalue weighted by atomic mass is 10.5. The lowest BCUT2D eigenvalue weighted by Crippen LogP contribution is -1.90. The van der Waals surface area contributed by atoms with Gasteiger partial charge in [-0.3, -0.25) is 0 Å². The maximum absolute atomic E-state index is 5.43. The van der Waals surface area contributed by atoms with Crippen LogP contribution < -0.4 is 0 Å². The van der Waals surface area contributed by atoms with E-state index in [9.17, 15) is 0 Å². The third-order valence-electron chi connectivity index (χ3n) is 0.372. The lowest BCUT2D eigenvalue weighted by molar-refractivity contribution is 0.215. The van der Waals surface area contributed by atoms with Crippen molar-refractivity contribution in [1.29, 1.82) is 0 Å². The standard InChI is InChI=1S/C4H8ClNO/c1-4(5)3-6-7-2/h3-4H,1-2H3/b6-3+. The topological polar surface area (TPSA) is 21.6 Å². The molecule has 0 spiro atoms. The molecule has 0 heterocycles. The molecule has 0 radical (unpaired) electrons. The van der Waals surface area contributed by atoms with Crippen LogP contribution in [0.3, 0.4) is 0 Å². The molecule has 0 aromatic heterocycles. The van der Waals surface area contributed by atoms with Crippen molar-refractivity contribution >= 4 is 17.8 Å². The zero-order valence-electron chi connectivity index (χ0n) is 4.39. The van der Waals surface area contributed by atoms with Crippen LogP contribution in [0.4, 0.5) is 0 Å². The van der Waals surface area contributed by atoms with E-state index in [1.807, 2.05) is 6.92 Å². The molecular formula is C4H8ClNO. The molecule has 0 aromatic rings. The second-order valence-corrected chi connectivity index (χ2v) is 1.80. The van der Waals surface area contributed by atoms with E-state index in [4.69, 9.17) is 11.6 Å². The van der Waals surface area contributed by atoms with Crippen LogP contribution >= 0.6 is 11.6 Å². The Balaban J connectivity index is 3.08. The van der Waals surface area contributed by atoms with Crippen LogP contribution in [0.25, 0.3) is 0 Å². The van der Waals surface area contributed by atoms with Gasteiger partial charge >= 0.3 is 0 Å². The quantitative estimate of drug-likeness (QED) is 0.306. The van der Waals surface area contributed by atoms with Gasteiger partial charge in [0.05, 0.1) is 11.6 Å². The first-order valence-electron chi connectivity index (χ1n) is 1.98. The maximum atomic E-state index is 5.43. The molecule has 0 fully saturated rings. The van der Waals surface area contributed by atoms with Gasteiger partial charge in [-0.05, 0) is 6.92 Å². The van der Waals surface area contributed by atoms with E-state index < -0.39 is 0 Å². The molecule has 0 aliphatic rings. The van der Waals surface area contributed by atoms with Crippen LogP contribution in [0, 0.1) is 0 Å². The van der Waals surface area contributed by atoms with E-state index in [0.717, 1.165) is 0 Å². The monoisotopic (exact) mass is 121 g/mol. The van der Waals surface area contributed by atoms with Crippen molar-refractivity contribution in [2.75, 3.05) is 7.11 Å². The molecule has 2 nitrogen and oxygen atoms in total. The number of nitrogens with zero attached hydrogens (tertiary/aromatic N) is 1. The Morgan fingerprint density at radius 2 is 2.43 bits per heavy atom. The second kappa shape index (κ2) is 3.93. The summed E-state index contributed by atoms with van der Waals surface area (Å²) in [6, 6.07) is 0. The average Bonchev–Trinajstić information content (AvgIpc) is 1.61. The highest BCUT2D eigenvalue weighted by atomic mass is 35.5. The minimum absolute atomic E-state index is 0.0417. The first-order valence-corrected chi connectivity index (χ1v) is 2.41. The number of hydrogen-bond donors (Lipinski definition) is 0. The number of alkyl halides is 1. The van der Waals surface area contributed by atoms with Gasteiger partial charge in [-0.15, -0.1) is 11.6 Å². The molecule has 0 aromatic carbocycles. The highest BCUT2D eigenvalue weighted by Gasteiger charge is 1.84. The summed E-state index contributed by atoms with van der Waals surface area (Å²) in [5.41, 5.74) is 0. The second-order valence-electron chi connectivity index (χ2n) is 1.11. The fourth-order valence-electron chi connectivity index (χ4n) is 0.145. The summed E-state index contributed by atoms with van der Waals surface area (Å²) in [7, 11) is 1.48. The molecule has 7 heavy (non-hydrogen) atoms. The van der Waals surface area contributed by atoms with Gasteiger partial charge in [-0.1, -0.05) is 5.16 Å². The Morgan fingerprint density at radius 3 is 2.57 bits per heavy atom. The minimum Gasteiger partial charge on any atom is -0.399 e. The number of rotatable bonds is 2. The maximum Gasteiger partial charge on any atom is 0.106 e. The normalized spacial score (nSPS) is 14.7. The smallest absolute Gasteiger partial charge is 0.106 e. The van der Waals surface area contributed by atoms with Gasteiger partial charge in [0, 0.05) is 0 Å². The Kier molecular flexibility index (Phi) is 3.80. The molecule has 0 amide bonds. The fourth-order valence-corrected chi connectivity index (χ4v) is 0.191. The molecule has 0 saturated heterocycles. The Labute approximate surface area is 48.1 Å². The molecule has 1 unspecified atom stereocenters. The van der Waals surface area contributed by atoms with Gasteiger partial charge < -0.3 is 4.84 Å². The van der Waals surface area contributed by atoms with Gasteiger partial charge in [0.2, 0.25) is 0 Å². The van der Waals surface area contributed by atoms with Crippen LogP contribution in [0.2, 0.25) is 0 Å². The summed E-state index contributed by atoms with van der Waals surface area (Å²) in [4.78, 5) is 4.34. The molecule has 42 valence electrons. The van der Waals surface area contributed by atoms with Crippen molar-refractivity contribution in [1.82, 2.24) is 0 Å². The zero-order chi connectivity index (χ0) is 5.70. The van der Waals surface area contributed by atoms with Crippen molar-refractivity contribution in [3.05, 3.63) is 0 Å². The van der Waals surface area contributed by atoms with Crippen LogP contribution in [0.15, 0.2) is 5.16 Å². The SMILES string of the molecule is CO/N=C/C(C)Cl. The van der Waals surface area contributed by atoms with Crippen LogP contribution in [0.5, 0.6) is 0 Å². The summed E-state index contributed by atoms with van der Waals surface area (Å²) in [6.07, 6.45) is 1.52. The summed E-state index contributed by atoms with van der Waals surface area (Å²) in [5.74, 6) is 0. The molecule has 0 rings (SSSR count). The van der Waals surface area contributed by atoms with E-state index >= 15 is 0 Å². The highest BCUT2D eigenvalue weighted by Crippen LogP contribution is 1.86.